The quantitative estimate of drug-likeness (QED) is 0.759. The number of hydrogen-bond donors (Lipinski definition) is 0. The number of aliphatic imine (C=N–C) groups is 1. The molecule has 2 aromatic carbocycles. The summed E-state index contributed by atoms with van der Waals surface area (Å²) in [6.45, 7) is 0. The van der Waals surface area contributed by atoms with Crippen molar-refractivity contribution in [3.05, 3.63) is 58.9 Å². The number of ether oxygens (including phenoxy) is 1. The van der Waals surface area contributed by atoms with Gasteiger partial charge >= 0.3 is 0 Å². The van der Waals surface area contributed by atoms with Gasteiger partial charge in [0.25, 0.3) is 0 Å². The molecule has 0 aliphatic heterocycles. The van der Waals surface area contributed by atoms with Gasteiger partial charge in [-0.15, -0.1) is 0 Å². The molecule has 0 unspecified atom stereocenters. The molecular formula is C14H11ClFNO. The van der Waals surface area contributed by atoms with Crippen LogP contribution in [0.15, 0.2) is 47.5 Å². The molecule has 0 saturated heterocycles. The van der Waals surface area contributed by atoms with E-state index in [1.165, 1.54) is 18.2 Å². The highest BCUT2D eigenvalue weighted by atomic mass is 35.5. The average molecular weight is 264 g/mol. The Hall–Kier alpha value is -1.87. The topological polar surface area (TPSA) is 21.6 Å². The minimum Gasteiger partial charge on any atom is -0.497 e. The van der Waals surface area contributed by atoms with Gasteiger partial charge in [-0.05, 0) is 48.0 Å². The first-order chi connectivity index (χ1) is 8.69. The summed E-state index contributed by atoms with van der Waals surface area (Å²) in [5.74, 6) is 0.412. The van der Waals surface area contributed by atoms with E-state index in [-0.39, 0.29) is 5.82 Å². The Balaban J connectivity index is 2.19. The Labute approximate surface area is 110 Å². The summed E-state index contributed by atoms with van der Waals surface area (Å²) >= 11 is 5.87. The van der Waals surface area contributed by atoms with Crippen LogP contribution in [0.25, 0.3) is 0 Å². The van der Waals surface area contributed by atoms with Crippen LogP contribution >= 0.6 is 11.6 Å². The third-order valence-electron chi connectivity index (χ3n) is 2.38. The summed E-state index contributed by atoms with van der Waals surface area (Å²) in [5.41, 5.74) is 1.45. The Bertz CT molecular complexity index is 567. The van der Waals surface area contributed by atoms with Gasteiger partial charge in [0.05, 0.1) is 17.8 Å². The zero-order valence-corrected chi connectivity index (χ0v) is 10.5. The molecular weight excluding hydrogens is 253 g/mol. The largest absolute Gasteiger partial charge is 0.497 e. The second-order valence-electron chi connectivity index (χ2n) is 3.63. The van der Waals surface area contributed by atoms with Crippen molar-refractivity contribution >= 4 is 23.5 Å². The van der Waals surface area contributed by atoms with Crippen LogP contribution in [-0.2, 0) is 0 Å². The standard InChI is InChI=1S/C14H11ClFNO/c1-18-12-5-2-10(3-6-12)9-17-14-7-4-11(16)8-13(14)15/h2-9H,1H3. The molecule has 0 radical (unpaired) electrons. The van der Waals surface area contributed by atoms with Crippen molar-refractivity contribution in [1.82, 2.24) is 0 Å². The van der Waals surface area contributed by atoms with Crippen molar-refractivity contribution in [1.29, 1.82) is 0 Å². The second kappa shape index (κ2) is 5.65. The van der Waals surface area contributed by atoms with E-state index in [0.29, 0.717) is 10.7 Å². The van der Waals surface area contributed by atoms with Crippen LogP contribution in [0.4, 0.5) is 10.1 Å². The van der Waals surface area contributed by atoms with E-state index >= 15 is 0 Å². The summed E-state index contributed by atoms with van der Waals surface area (Å²) < 4.78 is 17.9. The first-order valence-electron chi connectivity index (χ1n) is 5.32. The lowest BCUT2D eigenvalue weighted by Crippen LogP contribution is -1.84. The fraction of sp³-hybridized carbons (Fsp3) is 0.0714. The maximum atomic E-state index is 12.8. The summed E-state index contributed by atoms with van der Waals surface area (Å²) in [4.78, 5) is 4.21. The van der Waals surface area contributed by atoms with E-state index in [1.54, 1.807) is 13.3 Å². The fourth-order valence-corrected chi connectivity index (χ4v) is 1.64. The molecule has 0 spiro atoms. The Morgan fingerprint density at radius 1 is 1.17 bits per heavy atom. The number of benzene rings is 2. The first-order valence-corrected chi connectivity index (χ1v) is 5.70. The first kappa shape index (κ1) is 12.6. The SMILES string of the molecule is COc1ccc(C=Nc2ccc(F)cc2Cl)cc1. The van der Waals surface area contributed by atoms with Crippen LogP contribution < -0.4 is 4.74 Å². The monoisotopic (exact) mass is 263 g/mol. The normalized spacial score (nSPS) is 10.8. The molecule has 18 heavy (non-hydrogen) atoms. The molecule has 0 fully saturated rings. The maximum Gasteiger partial charge on any atom is 0.124 e. The molecule has 0 aromatic heterocycles. The molecule has 2 nitrogen and oxygen atoms in total. The molecule has 0 aliphatic carbocycles. The summed E-state index contributed by atoms with van der Waals surface area (Å²) in [7, 11) is 1.61. The summed E-state index contributed by atoms with van der Waals surface area (Å²) in [6, 6.07) is 11.5. The van der Waals surface area contributed by atoms with Crippen molar-refractivity contribution in [2.45, 2.75) is 0 Å². The van der Waals surface area contributed by atoms with Gasteiger partial charge in [0.15, 0.2) is 0 Å². The van der Waals surface area contributed by atoms with Gasteiger partial charge in [0, 0.05) is 6.21 Å². The molecule has 0 saturated carbocycles. The Morgan fingerprint density at radius 3 is 2.50 bits per heavy atom. The molecule has 0 N–H and O–H groups in total. The van der Waals surface area contributed by atoms with Gasteiger partial charge in [-0.3, -0.25) is 4.99 Å². The number of hydrogen-bond acceptors (Lipinski definition) is 2. The van der Waals surface area contributed by atoms with Crippen molar-refractivity contribution < 1.29 is 9.13 Å². The molecule has 0 atom stereocenters. The highest BCUT2D eigenvalue weighted by molar-refractivity contribution is 6.33. The minimum absolute atomic E-state index is 0.291. The number of rotatable bonds is 3. The highest BCUT2D eigenvalue weighted by Gasteiger charge is 1.99. The van der Waals surface area contributed by atoms with E-state index in [9.17, 15) is 4.39 Å². The predicted molar refractivity (Wildman–Crippen MR) is 71.7 cm³/mol. The smallest absolute Gasteiger partial charge is 0.124 e. The van der Waals surface area contributed by atoms with Crippen molar-refractivity contribution in [3.8, 4) is 5.75 Å². The van der Waals surface area contributed by atoms with E-state index in [4.69, 9.17) is 16.3 Å². The van der Waals surface area contributed by atoms with Crippen molar-refractivity contribution in [2.75, 3.05) is 7.11 Å². The molecule has 0 aliphatic rings. The van der Waals surface area contributed by atoms with Crippen molar-refractivity contribution in [3.63, 3.8) is 0 Å². The molecule has 0 heterocycles. The third kappa shape index (κ3) is 3.08. The molecule has 92 valence electrons. The van der Waals surface area contributed by atoms with Crippen LogP contribution in [-0.4, -0.2) is 13.3 Å². The van der Waals surface area contributed by atoms with Crippen molar-refractivity contribution in [2.24, 2.45) is 4.99 Å². The lowest BCUT2D eigenvalue weighted by molar-refractivity contribution is 0.415. The number of methoxy groups -OCH3 is 1. The number of halogens is 2. The molecule has 4 heteroatoms. The predicted octanol–water partition coefficient (Wildman–Crippen LogP) is 4.24. The van der Waals surface area contributed by atoms with E-state index < -0.39 is 0 Å². The summed E-state index contributed by atoms with van der Waals surface area (Å²) in [5, 5.41) is 0.291. The van der Waals surface area contributed by atoms with Gasteiger partial charge in [-0.2, -0.15) is 0 Å². The fourth-order valence-electron chi connectivity index (χ4n) is 1.42. The van der Waals surface area contributed by atoms with Gasteiger partial charge < -0.3 is 4.74 Å². The minimum atomic E-state index is -0.372. The number of nitrogens with zero attached hydrogens (tertiary/aromatic N) is 1. The zero-order valence-electron chi connectivity index (χ0n) is 9.73. The van der Waals surface area contributed by atoms with E-state index in [1.807, 2.05) is 24.3 Å². The van der Waals surface area contributed by atoms with E-state index in [2.05, 4.69) is 4.99 Å². The highest BCUT2D eigenvalue weighted by Crippen LogP contribution is 2.25. The van der Waals surface area contributed by atoms with Crippen LogP contribution in [0.2, 0.25) is 5.02 Å². The van der Waals surface area contributed by atoms with E-state index in [0.717, 1.165) is 11.3 Å². The second-order valence-corrected chi connectivity index (χ2v) is 4.03. The Kier molecular flexibility index (Phi) is 3.95. The van der Waals surface area contributed by atoms with Crippen LogP contribution in [0, 0.1) is 5.82 Å². The van der Waals surface area contributed by atoms with Crippen LogP contribution in [0.5, 0.6) is 5.75 Å². The zero-order chi connectivity index (χ0) is 13.0. The summed E-state index contributed by atoms with van der Waals surface area (Å²) in [6.07, 6.45) is 1.67. The van der Waals surface area contributed by atoms with Crippen LogP contribution in [0.3, 0.4) is 0 Å². The maximum absolute atomic E-state index is 12.8. The molecule has 0 amide bonds. The lowest BCUT2D eigenvalue weighted by atomic mass is 10.2. The average Bonchev–Trinajstić information content (AvgIpc) is 2.38. The Morgan fingerprint density at radius 2 is 1.89 bits per heavy atom. The van der Waals surface area contributed by atoms with Gasteiger partial charge in [0.1, 0.15) is 11.6 Å². The van der Waals surface area contributed by atoms with Gasteiger partial charge in [0.2, 0.25) is 0 Å². The van der Waals surface area contributed by atoms with Crippen LogP contribution in [0.1, 0.15) is 5.56 Å². The lowest BCUT2D eigenvalue weighted by Gasteiger charge is -2.00. The molecule has 0 bridgehead atoms. The van der Waals surface area contributed by atoms with Gasteiger partial charge in [-0.25, -0.2) is 4.39 Å². The molecule has 2 aromatic rings. The molecule has 2 rings (SSSR count). The van der Waals surface area contributed by atoms with Gasteiger partial charge in [-0.1, -0.05) is 11.6 Å². The third-order valence-corrected chi connectivity index (χ3v) is 2.68.